The van der Waals surface area contributed by atoms with E-state index in [9.17, 15) is 0 Å². The molecule has 4 rings (SSSR count). The Hall–Kier alpha value is -5.14. The summed E-state index contributed by atoms with van der Waals surface area (Å²) in [4.78, 5) is 35.3. The van der Waals surface area contributed by atoms with E-state index in [1.165, 1.54) is 289 Å². The Labute approximate surface area is 608 Å². The summed E-state index contributed by atoms with van der Waals surface area (Å²) < 4.78 is 12.4. The first kappa shape index (κ1) is 86.3. The van der Waals surface area contributed by atoms with Crippen LogP contribution in [0.2, 0.25) is 0 Å². The van der Waals surface area contributed by atoms with Crippen LogP contribution in [-0.4, -0.2) is 82.4 Å². The average molecular weight is 1370 g/mol. The van der Waals surface area contributed by atoms with Crippen molar-refractivity contribution in [2.24, 2.45) is 0 Å². The number of nitrogens with one attached hydrogen (secondary N) is 4. The van der Waals surface area contributed by atoms with Crippen molar-refractivity contribution in [3.8, 4) is 11.5 Å². The van der Waals surface area contributed by atoms with E-state index in [4.69, 9.17) is 39.4 Å². The normalized spacial score (nSPS) is 11.4. The molecule has 0 aliphatic heterocycles. The van der Waals surface area contributed by atoms with E-state index in [0.717, 1.165) is 139 Å². The maximum absolute atomic E-state index is 6.19. The number of hydrogen-bond acceptors (Lipinski definition) is 14. The van der Waals surface area contributed by atoms with Crippen molar-refractivity contribution >= 4 is 47.1 Å². The van der Waals surface area contributed by atoms with Gasteiger partial charge < -0.3 is 40.5 Å². The van der Waals surface area contributed by atoms with E-state index in [0.29, 0.717) is 23.8 Å². The number of hydrogen-bond donors (Lipinski definition) is 4. The van der Waals surface area contributed by atoms with Gasteiger partial charge in [0.25, 0.3) is 0 Å². The fourth-order valence-electron chi connectivity index (χ4n) is 13.2. The minimum atomic E-state index is 0.590. The Morgan fingerprint density at radius 3 is 0.727 bits per heavy atom. The molecule has 0 fully saturated rings. The minimum Gasteiger partial charge on any atom is -0.494 e. The molecule has 99 heavy (non-hydrogen) atoms. The number of nitrogens with zero attached hydrogens (tertiary/aromatic N) is 8. The molecule has 2 aromatic heterocycles. The van der Waals surface area contributed by atoms with Crippen molar-refractivity contribution < 1.29 is 9.47 Å². The zero-order valence-electron chi connectivity index (χ0n) is 65.1. The highest BCUT2D eigenvalue weighted by atomic mass is 16.5. The number of ether oxygens (including phenoxy) is 2. The van der Waals surface area contributed by atoms with Gasteiger partial charge in [-0.2, -0.15) is 29.9 Å². The van der Waals surface area contributed by atoms with Gasteiger partial charge in [0.2, 0.25) is 35.7 Å². The van der Waals surface area contributed by atoms with E-state index < -0.39 is 0 Å². The highest BCUT2D eigenvalue weighted by Gasteiger charge is 2.17. The third kappa shape index (κ3) is 46.2. The predicted octanol–water partition coefficient (Wildman–Crippen LogP) is 26.2. The number of anilines is 8. The van der Waals surface area contributed by atoms with Crippen molar-refractivity contribution in [1.29, 1.82) is 0 Å². The van der Waals surface area contributed by atoms with Gasteiger partial charge in [0.1, 0.15) is 11.5 Å². The summed E-state index contributed by atoms with van der Waals surface area (Å²) in [5.74, 6) is 5.88. The predicted molar refractivity (Wildman–Crippen MR) is 430 cm³/mol. The number of unbranched alkanes of at least 4 members (excludes halogenated alkanes) is 46. The van der Waals surface area contributed by atoms with Crippen LogP contribution in [0.4, 0.5) is 47.1 Å². The molecule has 2 heterocycles. The molecule has 564 valence electrons. The topological polar surface area (TPSA) is 150 Å². The largest absolute Gasteiger partial charge is 0.494 e. The maximum Gasteiger partial charge on any atom is 0.233 e. The van der Waals surface area contributed by atoms with Crippen molar-refractivity contribution in [3.05, 3.63) is 48.5 Å². The molecule has 0 saturated heterocycles. The molecule has 0 atom stereocenters. The van der Waals surface area contributed by atoms with E-state index in [1.54, 1.807) is 0 Å². The van der Waals surface area contributed by atoms with Crippen LogP contribution in [-0.2, 0) is 0 Å². The number of rotatable bonds is 72. The molecule has 14 nitrogen and oxygen atoms in total. The molecular formula is C85H152N12O2. The van der Waals surface area contributed by atoms with Gasteiger partial charge in [-0.3, -0.25) is 0 Å². The Balaban J connectivity index is 1.28. The van der Waals surface area contributed by atoms with Gasteiger partial charge in [-0.25, -0.2) is 0 Å². The zero-order chi connectivity index (χ0) is 70.2. The van der Waals surface area contributed by atoms with Crippen LogP contribution < -0.4 is 40.5 Å². The monoisotopic (exact) mass is 1370 g/mol. The second-order valence-electron chi connectivity index (χ2n) is 29.0. The lowest BCUT2D eigenvalue weighted by atomic mass is 10.1. The fraction of sp³-hybridized carbons (Fsp3) is 0.788. The van der Waals surface area contributed by atoms with Crippen LogP contribution in [0.3, 0.4) is 0 Å². The molecule has 0 radical (unpaired) electrons. The van der Waals surface area contributed by atoms with Crippen molar-refractivity contribution in [3.63, 3.8) is 0 Å². The SMILES string of the molecule is CCCCCCCCCCCCOc1ccc(Nc2nc(NCCCCCCCCCCCNc3nc(Nc4ccc(OCCCCCCCCCCCC)cc4)nc(N(CCCCCCCC)CCCCCCCC)n3)nc(N(CCCCCCCC)CCCCCCCC)n2)cc1. The van der Waals surface area contributed by atoms with Crippen molar-refractivity contribution in [1.82, 2.24) is 29.9 Å². The first-order valence-electron chi connectivity index (χ1n) is 42.5. The second kappa shape index (κ2) is 62.6. The Morgan fingerprint density at radius 1 is 0.242 bits per heavy atom. The Bertz CT molecular complexity index is 2220. The third-order valence-electron chi connectivity index (χ3n) is 19.6. The van der Waals surface area contributed by atoms with E-state index in [2.05, 4.69) is 121 Å². The molecule has 0 aliphatic rings. The quantitative estimate of drug-likeness (QED) is 0.0311. The van der Waals surface area contributed by atoms with E-state index in [-0.39, 0.29) is 0 Å². The highest BCUT2D eigenvalue weighted by molar-refractivity contribution is 5.58. The third-order valence-corrected chi connectivity index (χ3v) is 19.6. The average Bonchev–Trinajstić information content (AvgIpc) is 0.858. The molecular weight excluding hydrogens is 1220 g/mol. The van der Waals surface area contributed by atoms with Gasteiger partial charge in [-0.05, 0) is 99.9 Å². The van der Waals surface area contributed by atoms with Crippen LogP contribution in [0.5, 0.6) is 11.5 Å². The molecule has 0 aliphatic carbocycles. The molecule has 0 saturated carbocycles. The molecule has 0 spiro atoms. The first-order chi connectivity index (χ1) is 49.0. The lowest BCUT2D eigenvalue weighted by molar-refractivity contribution is 0.304. The molecule has 2 aromatic carbocycles. The molecule has 14 heteroatoms. The summed E-state index contributed by atoms with van der Waals surface area (Å²) in [6.45, 7) is 20.8. The van der Waals surface area contributed by atoms with Gasteiger partial charge in [0, 0.05) is 50.6 Å². The lowest BCUT2D eigenvalue weighted by Crippen LogP contribution is -2.28. The summed E-state index contributed by atoms with van der Waals surface area (Å²) in [6.07, 6.45) is 67.8. The molecule has 4 aromatic rings. The minimum absolute atomic E-state index is 0.590. The van der Waals surface area contributed by atoms with Crippen molar-refractivity contribution in [2.45, 2.75) is 382 Å². The number of aromatic nitrogens is 6. The van der Waals surface area contributed by atoms with Gasteiger partial charge >= 0.3 is 0 Å². The van der Waals surface area contributed by atoms with Crippen LogP contribution >= 0.6 is 0 Å². The first-order valence-corrected chi connectivity index (χ1v) is 42.5. The molecule has 0 unspecified atom stereocenters. The lowest BCUT2D eigenvalue weighted by Gasteiger charge is -2.24. The van der Waals surface area contributed by atoms with Gasteiger partial charge in [-0.15, -0.1) is 0 Å². The summed E-state index contributed by atoms with van der Waals surface area (Å²) >= 11 is 0. The Kier molecular flexibility index (Phi) is 54.6. The second-order valence-corrected chi connectivity index (χ2v) is 29.0. The zero-order valence-corrected chi connectivity index (χ0v) is 65.1. The summed E-state index contributed by atoms with van der Waals surface area (Å²) in [7, 11) is 0. The number of benzene rings is 2. The molecule has 0 bridgehead atoms. The van der Waals surface area contributed by atoms with Gasteiger partial charge in [-0.1, -0.05) is 330 Å². The fourth-order valence-corrected chi connectivity index (χ4v) is 13.2. The van der Waals surface area contributed by atoms with Crippen LogP contribution in [0.25, 0.3) is 0 Å². The van der Waals surface area contributed by atoms with Gasteiger partial charge in [0.15, 0.2) is 0 Å². The smallest absolute Gasteiger partial charge is 0.233 e. The summed E-state index contributed by atoms with van der Waals surface area (Å²) in [6, 6.07) is 16.6. The van der Waals surface area contributed by atoms with E-state index in [1.807, 2.05) is 0 Å². The highest BCUT2D eigenvalue weighted by Crippen LogP contribution is 2.26. The van der Waals surface area contributed by atoms with Crippen molar-refractivity contribution in [2.75, 3.05) is 83.5 Å². The standard InChI is InChI=1S/C85H152N12O2/c1-7-13-19-25-31-33-38-42-50-58-74-98-78-64-60-76(61-65-78)88-82-90-80(92-84(94-82)96(70-54-46-27-21-15-9-3)71-55-47-28-22-16-10-4)86-68-52-44-40-36-35-37-41-45-53-69-87-81-91-83(89-77-62-66-79(67-63-77)99-75-59-51-43-39-34-32-26-20-14-8-2)95-85(93-81)97(72-56-48-29-23-17-11-5)73-57-49-30-24-18-12-6/h60-67H,7-59,68-75H2,1-6H3,(H2,86,88,90,92,94)(H2,87,89,91,93,95). The summed E-state index contributed by atoms with van der Waals surface area (Å²) in [5.41, 5.74) is 1.90. The van der Waals surface area contributed by atoms with Crippen LogP contribution in [0.15, 0.2) is 48.5 Å². The Morgan fingerprint density at radius 2 is 0.465 bits per heavy atom. The molecule has 0 amide bonds. The van der Waals surface area contributed by atoms with E-state index >= 15 is 0 Å². The van der Waals surface area contributed by atoms with Gasteiger partial charge in [0.05, 0.1) is 13.2 Å². The van der Waals surface area contributed by atoms with Crippen LogP contribution in [0, 0.1) is 0 Å². The molecule has 4 N–H and O–H groups in total. The van der Waals surface area contributed by atoms with Crippen LogP contribution in [0.1, 0.15) is 382 Å². The maximum atomic E-state index is 6.19. The summed E-state index contributed by atoms with van der Waals surface area (Å²) in [5, 5.41) is 14.4.